The molecule has 0 aliphatic heterocycles. The second-order valence-corrected chi connectivity index (χ2v) is 7.56. The highest BCUT2D eigenvalue weighted by atomic mass is 19.1. The summed E-state index contributed by atoms with van der Waals surface area (Å²) in [6.45, 7) is 0.526. The molecule has 156 valence electrons. The molecule has 1 N–H and O–H groups in total. The molecule has 0 atom stereocenters. The van der Waals surface area contributed by atoms with Gasteiger partial charge in [0.15, 0.2) is 0 Å². The van der Waals surface area contributed by atoms with Crippen molar-refractivity contribution in [1.29, 1.82) is 0 Å². The predicted octanol–water partition coefficient (Wildman–Crippen LogP) is 2.25. The lowest BCUT2D eigenvalue weighted by Gasteiger charge is -2.15. The van der Waals surface area contributed by atoms with Gasteiger partial charge in [-0.1, -0.05) is 5.16 Å². The van der Waals surface area contributed by atoms with Crippen LogP contribution in [0, 0.1) is 5.82 Å². The lowest BCUT2D eigenvalue weighted by molar-refractivity contribution is 0.0112. The maximum Gasteiger partial charge on any atom is 0.277 e. The Kier molecular flexibility index (Phi) is 4.40. The molecule has 10 heteroatoms. The Labute approximate surface area is 169 Å². The van der Waals surface area contributed by atoms with E-state index in [0.717, 1.165) is 12.8 Å². The minimum atomic E-state index is -1.14. The molecule has 0 saturated heterocycles. The van der Waals surface area contributed by atoms with Crippen LogP contribution >= 0.6 is 0 Å². The van der Waals surface area contributed by atoms with Gasteiger partial charge >= 0.3 is 0 Å². The molecule has 30 heavy (non-hydrogen) atoms. The van der Waals surface area contributed by atoms with Gasteiger partial charge in [-0.15, -0.1) is 0 Å². The minimum absolute atomic E-state index is 0.129. The van der Waals surface area contributed by atoms with Gasteiger partial charge in [-0.25, -0.2) is 9.37 Å². The average molecular weight is 413 g/mol. The Hall–Kier alpha value is -3.11. The smallest absolute Gasteiger partial charge is 0.277 e. The van der Waals surface area contributed by atoms with Gasteiger partial charge in [0.1, 0.15) is 29.0 Å². The number of ether oxygens (including phenoxy) is 1. The summed E-state index contributed by atoms with van der Waals surface area (Å²) in [5.74, 6) is -0.177. The van der Waals surface area contributed by atoms with Gasteiger partial charge < -0.3 is 18.9 Å². The minimum Gasteiger partial charge on any atom is -0.383 e. The van der Waals surface area contributed by atoms with E-state index in [9.17, 15) is 14.3 Å². The first-order valence-corrected chi connectivity index (χ1v) is 9.77. The summed E-state index contributed by atoms with van der Waals surface area (Å²) in [7, 11) is 1.53. The lowest BCUT2D eigenvalue weighted by atomic mass is 10.0. The molecule has 0 bridgehead atoms. The largest absolute Gasteiger partial charge is 0.383 e. The number of benzene rings is 1. The molecule has 0 spiro atoms. The number of halogens is 1. The third kappa shape index (κ3) is 2.83. The third-order valence-corrected chi connectivity index (χ3v) is 5.69. The topological polar surface area (TPSA) is 108 Å². The fraction of sp³-hybridized carbons (Fsp3) is 0.400. The molecule has 1 saturated carbocycles. The van der Waals surface area contributed by atoms with Crippen molar-refractivity contribution in [1.82, 2.24) is 24.1 Å². The van der Waals surface area contributed by atoms with E-state index >= 15 is 0 Å². The van der Waals surface area contributed by atoms with E-state index in [1.165, 1.54) is 30.1 Å². The average Bonchev–Trinajstić information content (AvgIpc) is 3.47. The van der Waals surface area contributed by atoms with Crippen LogP contribution < -0.4 is 5.56 Å². The summed E-state index contributed by atoms with van der Waals surface area (Å²) in [5, 5.41) is 14.7. The first kappa shape index (κ1) is 18.9. The number of fused-ring (bicyclic) bond motifs is 3. The molecule has 3 aromatic heterocycles. The van der Waals surface area contributed by atoms with Gasteiger partial charge in [0, 0.05) is 13.7 Å². The summed E-state index contributed by atoms with van der Waals surface area (Å²) in [6.07, 6.45) is 4.35. The van der Waals surface area contributed by atoms with E-state index in [1.54, 1.807) is 10.5 Å². The Morgan fingerprint density at radius 3 is 2.87 bits per heavy atom. The van der Waals surface area contributed by atoms with Crippen LogP contribution in [0.1, 0.15) is 31.6 Å². The van der Waals surface area contributed by atoms with Gasteiger partial charge in [-0.2, -0.15) is 4.98 Å². The van der Waals surface area contributed by atoms with Crippen LogP contribution in [0.5, 0.6) is 0 Å². The van der Waals surface area contributed by atoms with Crippen LogP contribution in [0.25, 0.3) is 28.1 Å². The van der Waals surface area contributed by atoms with Gasteiger partial charge in [0.05, 0.1) is 17.6 Å². The molecule has 0 unspecified atom stereocenters. The van der Waals surface area contributed by atoms with Crippen molar-refractivity contribution < 1.29 is 18.8 Å². The van der Waals surface area contributed by atoms with Crippen molar-refractivity contribution in [2.75, 3.05) is 13.7 Å². The number of methoxy groups -OCH3 is 1. The highest BCUT2D eigenvalue weighted by Crippen LogP contribution is 2.38. The molecule has 1 fully saturated rings. The first-order valence-electron chi connectivity index (χ1n) is 9.77. The zero-order chi connectivity index (χ0) is 20.9. The number of hydrogen-bond donors (Lipinski definition) is 1. The Morgan fingerprint density at radius 2 is 2.10 bits per heavy atom. The highest BCUT2D eigenvalue weighted by Gasteiger charge is 2.39. The molecule has 5 rings (SSSR count). The third-order valence-electron chi connectivity index (χ3n) is 5.69. The number of imidazole rings is 1. The number of aliphatic hydroxyl groups is 1. The predicted molar refractivity (Wildman–Crippen MR) is 104 cm³/mol. The maximum absolute atomic E-state index is 13.9. The number of hydrogen-bond acceptors (Lipinski definition) is 7. The van der Waals surface area contributed by atoms with Crippen molar-refractivity contribution in [3.8, 4) is 11.5 Å². The standard InChI is InChI=1S/C20H20FN5O4/c1-29-9-8-25-14-10-12(21)4-5-13(14)26-11-22-15(16(26)18(25)27)17-23-19(30-24-17)20(28)6-2-3-7-20/h4-5,10-11,28H,2-3,6-9H2,1H3. The Morgan fingerprint density at radius 1 is 1.30 bits per heavy atom. The number of rotatable bonds is 5. The molecular formula is C20H20FN5O4. The lowest BCUT2D eigenvalue weighted by Crippen LogP contribution is -2.25. The summed E-state index contributed by atoms with van der Waals surface area (Å²) in [5.41, 5.74) is 0.0269. The van der Waals surface area contributed by atoms with Gasteiger partial charge in [0.25, 0.3) is 11.4 Å². The summed E-state index contributed by atoms with van der Waals surface area (Å²) in [6, 6.07) is 4.23. The van der Waals surface area contributed by atoms with Gasteiger partial charge in [0.2, 0.25) is 5.82 Å². The maximum atomic E-state index is 13.9. The number of aromatic nitrogens is 5. The SMILES string of the molecule is COCCn1c(=O)c2c(-c3noc(C4(O)CCCC4)n3)ncn2c2ccc(F)cc21. The Balaban J connectivity index is 1.72. The molecule has 0 amide bonds. The number of nitrogens with zero attached hydrogens (tertiary/aromatic N) is 5. The highest BCUT2D eigenvalue weighted by molar-refractivity contribution is 5.83. The second-order valence-electron chi connectivity index (χ2n) is 7.56. The van der Waals surface area contributed by atoms with Crippen LogP contribution in [0.4, 0.5) is 4.39 Å². The Bertz CT molecular complexity index is 1300. The fourth-order valence-corrected chi connectivity index (χ4v) is 4.14. The zero-order valence-electron chi connectivity index (χ0n) is 16.3. The summed E-state index contributed by atoms with van der Waals surface area (Å²) in [4.78, 5) is 22.0. The van der Waals surface area contributed by atoms with Crippen molar-refractivity contribution in [3.63, 3.8) is 0 Å². The molecule has 1 aromatic carbocycles. The van der Waals surface area contributed by atoms with Crippen molar-refractivity contribution in [2.24, 2.45) is 0 Å². The summed E-state index contributed by atoms with van der Waals surface area (Å²) < 4.78 is 27.4. The normalized spacial score (nSPS) is 16.1. The molecule has 1 aliphatic rings. The van der Waals surface area contributed by atoms with Crippen molar-refractivity contribution in [3.05, 3.63) is 46.6 Å². The van der Waals surface area contributed by atoms with Crippen LogP contribution in [0.3, 0.4) is 0 Å². The van der Waals surface area contributed by atoms with Crippen LogP contribution in [0.15, 0.2) is 33.8 Å². The van der Waals surface area contributed by atoms with E-state index in [0.29, 0.717) is 23.9 Å². The van der Waals surface area contributed by atoms with Gasteiger partial charge in [-0.05, 0) is 43.9 Å². The fourth-order valence-electron chi connectivity index (χ4n) is 4.14. The molecule has 0 radical (unpaired) electrons. The molecular weight excluding hydrogens is 393 g/mol. The zero-order valence-corrected chi connectivity index (χ0v) is 16.3. The van der Waals surface area contributed by atoms with E-state index in [1.807, 2.05) is 0 Å². The second kappa shape index (κ2) is 6.99. The monoisotopic (exact) mass is 413 g/mol. The molecule has 4 aromatic rings. The molecule has 9 nitrogen and oxygen atoms in total. The van der Waals surface area contributed by atoms with Crippen LogP contribution in [-0.2, 0) is 16.9 Å². The van der Waals surface area contributed by atoms with Crippen LogP contribution in [0.2, 0.25) is 0 Å². The van der Waals surface area contributed by atoms with E-state index in [-0.39, 0.29) is 41.6 Å². The van der Waals surface area contributed by atoms with Gasteiger partial charge in [-0.3, -0.25) is 9.20 Å². The van der Waals surface area contributed by atoms with Crippen LogP contribution in [-0.4, -0.2) is 42.9 Å². The molecule has 1 aliphatic carbocycles. The summed E-state index contributed by atoms with van der Waals surface area (Å²) >= 11 is 0. The van der Waals surface area contributed by atoms with E-state index in [2.05, 4.69) is 15.1 Å². The van der Waals surface area contributed by atoms with E-state index in [4.69, 9.17) is 9.26 Å². The van der Waals surface area contributed by atoms with Crippen molar-refractivity contribution in [2.45, 2.75) is 37.8 Å². The first-order chi connectivity index (χ1) is 14.5. The molecule has 3 heterocycles. The van der Waals surface area contributed by atoms with E-state index < -0.39 is 11.4 Å². The quantitative estimate of drug-likeness (QED) is 0.535. The van der Waals surface area contributed by atoms with Crippen molar-refractivity contribution >= 4 is 16.6 Å².